The maximum absolute atomic E-state index is 7.38. The van der Waals surface area contributed by atoms with Crippen molar-refractivity contribution in [2.75, 3.05) is 0 Å². The van der Waals surface area contributed by atoms with Gasteiger partial charge in [-0.15, -0.1) is 0 Å². The van der Waals surface area contributed by atoms with Crippen LogP contribution in [-0.2, 0) is 21.7 Å². The summed E-state index contributed by atoms with van der Waals surface area (Å²) in [6.07, 6.45) is 7.93. The van der Waals surface area contributed by atoms with Gasteiger partial charge in [-0.25, -0.2) is 4.98 Å². The molecule has 0 bridgehead atoms. The molecular weight excluding hydrogens is 841 g/mol. The van der Waals surface area contributed by atoms with Crippen molar-refractivity contribution >= 4 is 21.8 Å². The molecule has 0 spiro atoms. The third-order valence-corrected chi connectivity index (χ3v) is 14.1. The van der Waals surface area contributed by atoms with Crippen molar-refractivity contribution in [2.24, 2.45) is 0 Å². The molecule has 0 fully saturated rings. The number of ether oxygens (including phenoxy) is 1. The Balaban J connectivity index is 1.22. The summed E-state index contributed by atoms with van der Waals surface area (Å²) in [6.45, 7) is 22.8. The first kappa shape index (κ1) is 45.3. The van der Waals surface area contributed by atoms with Crippen LogP contribution in [0.5, 0.6) is 11.5 Å². The molecule has 3 heterocycles. The minimum Gasteiger partial charge on any atom is -0.458 e. The Morgan fingerprint density at radius 3 is 1.77 bits per heavy atom. The third kappa shape index (κ3) is 8.56. The van der Waals surface area contributed by atoms with Gasteiger partial charge in [0.2, 0.25) is 0 Å². The maximum atomic E-state index is 7.38. The summed E-state index contributed by atoms with van der Waals surface area (Å²) < 4.78 is 14.0. The van der Waals surface area contributed by atoms with Crippen molar-refractivity contribution in [1.82, 2.24) is 14.1 Å². The molecular formula is C64H62N4O. The number of benzene rings is 7. The lowest BCUT2D eigenvalue weighted by atomic mass is 9.76. The topological polar surface area (TPSA) is 35.9 Å². The van der Waals surface area contributed by atoms with E-state index in [2.05, 4.69) is 277 Å². The number of fused-ring (bicyclic) bond motifs is 3. The summed E-state index contributed by atoms with van der Waals surface area (Å²) in [5.74, 6) is 2.35. The van der Waals surface area contributed by atoms with Crippen LogP contribution >= 0.6 is 0 Å². The quantitative estimate of drug-likeness (QED) is 0.101. The van der Waals surface area contributed by atoms with Crippen LogP contribution in [0.3, 0.4) is 0 Å². The van der Waals surface area contributed by atoms with E-state index in [1.54, 1.807) is 0 Å². The minimum absolute atomic E-state index is 0.00842. The third-order valence-electron chi connectivity index (χ3n) is 14.1. The molecule has 0 saturated carbocycles. The fourth-order valence-corrected chi connectivity index (χ4v) is 9.81. The number of hydrogen-bond donors (Lipinski definition) is 0. The lowest BCUT2D eigenvalue weighted by Crippen LogP contribution is -2.29. The Morgan fingerprint density at radius 1 is 0.493 bits per heavy atom. The first-order valence-electron chi connectivity index (χ1n) is 24.2. The molecule has 0 aliphatic carbocycles. The van der Waals surface area contributed by atoms with Crippen molar-refractivity contribution < 1.29 is 9.30 Å². The second-order valence-corrected chi connectivity index (χ2v) is 21.7. The molecule has 0 aliphatic rings. The van der Waals surface area contributed by atoms with E-state index in [0.717, 1.165) is 56.5 Å². The summed E-state index contributed by atoms with van der Waals surface area (Å²) in [5.41, 5.74) is 12.6. The van der Waals surface area contributed by atoms with Gasteiger partial charge in [0, 0.05) is 40.1 Å². The van der Waals surface area contributed by atoms with E-state index < -0.39 is 5.41 Å². The normalized spacial score (nSPS) is 12.5. The SMILES string of the molecule is CC(C)(C)c1cccc(-[n+]2[c-]n(-c3cc(Oc4cc(C(C)(C)c5ccccc5)c5c6ccccc6n(-c6cc(C(C)(C)C)ccn6)c5c4)cc(C(C)(C)c4ccccc4)c3)c(-c3ccccc3)c2)c1. The van der Waals surface area contributed by atoms with E-state index in [0.29, 0.717) is 0 Å². The van der Waals surface area contributed by atoms with Crippen LogP contribution in [0.1, 0.15) is 103 Å². The van der Waals surface area contributed by atoms with Gasteiger partial charge in [0.05, 0.1) is 28.1 Å². The van der Waals surface area contributed by atoms with Gasteiger partial charge >= 0.3 is 0 Å². The molecule has 0 radical (unpaired) electrons. The van der Waals surface area contributed by atoms with Crippen LogP contribution in [0.15, 0.2) is 194 Å². The highest BCUT2D eigenvalue weighted by Crippen LogP contribution is 2.45. The van der Waals surface area contributed by atoms with E-state index >= 15 is 0 Å². The van der Waals surface area contributed by atoms with Gasteiger partial charge in [0.25, 0.3) is 6.33 Å². The Kier molecular flexibility index (Phi) is 11.3. The monoisotopic (exact) mass is 902 g/mol. The molecule has 69 heavy (non-hydrogen) atoms. The van der Waals surface area contributed by atoms with Gasteiger partial charge in [0.1, 0.15) is 17.3 Å². The highest BCUT2D eigenvalue weighted by molar-refractivity contribution is 6.11. The van der Waals surface area contributed by atoms with Gasteiger partial charge in [-0.1, -0.05) is 191 Å². The van der Waals surface area contributed by atoms with Crippen molar-refractivity contribution in [3.63, 3.8) is 0 Å². The standard InChI is InChI=1S/C64H62N4O/c1-61(2,3)47-29-22-30-50(35-47)66-42-58(44-23-14-11-15-24-44)67(43-66)51-36-49(63(7,8)45-25-16-12-17-26-45)37-52(39-51)69-53-40-55(64(9,10)46-27-18-13-19-28-46)60-54-31-20-21-32-56(54)68(57(60)41-53)59-38-48(33-34-65-59)62(4,5)6/h11-42H,1-10H3. The van der Waals surface area contributed by atoms with Gasteiger partial charge in [-0.05, 0) is 104 Å². The van der Waals surface area contributed by atoms with E-state index in [1.165, 1.54) is 38.6 Å². The van der Waals surface area contributed by atoms with Gasteiger partial charge in [0.15, 0.2) is 0 Å². The fourth-order valence-electron chi connectivity index (χ4n) is 9.81. The van der Waals surface area contributed by atoms with Crippen LogP contribution in [0.25, 0.3) is 50.3 Å². The first-order valence-corrected chi connectivity index (χ1v) is 24.2. The molecule has 0 aliphatic heterocycles. The Morgan fingerprint density at radius 2 is 1.09 bits per heavy atom. The fraction of sp³-hybridized carbons (Fsp3) is 0.219. The number of imidazole rings is 1. The highest BCUT2D eigenvalue weighted by atomic mass is 16.5. The van der Waals surface area contributed by atoms with Crippen LogP contribution in [0.2, 0.25) is 0 Å². The van der Waals surface area contributed by atoms with Crippen molar-refractivity contribution in [3.05, 3.63) is 234 Å². The predicted molar refractivity (Wildman–Crippen MR) is 285 cm³/mol. The molecule has 3 aromatic heterocycles. The van der Waals surface area contributed by atoms with E-state index in [9.17, 15) is 0 Å². The Bertz CT molecular complexity index is 3470. The van der Waals surface area contributed by atoms with Crippen LogP contribution in [-0.4, -0.2) is 14.1 Å². The Labute approximate surface area is 408 Å². The molecule has 5 heteroatoms. The molecule has 0 N–H and O–H groups in total. The molecule has 10 aromatic rings. The molecule has 0 unspecified atom stereocenters. The highest BCUT2D eigenvalue weighted by Gasteiger charge is 2.31. The molecule has 5 nitrogen and oxygen atoms in total. The second kappa shape index (κ2) is 17.2. The minimum atomic E-state index is -0.403. The molecule has 0 saturated heterocycles. The largest absolute Gasteiger partial charge is 0.458 e. The van der Waals surface area contributed by atoms with Crippen LogP contribution in [0, 0.1) is 6.33 Å². The van der Waals surface area contributed by atoms with Gasteiger partial charge in [-0.3, -0.25) is 13.7 Å². The maximum Gasteiger partial charge on any atom is 0.269 e. The zero-order valence-electron chi connectivity index (χ0n) is 41.7. The molecule has 10 rings (SSSR count). The van der Waals surface area contributed by atoms with Gasteiger partial charge in [-0.2, -0.15) is 0 Å². The van der Waals surface area contributed by atoms with Crippen LogP contribution in [0.4, 0.5) is 0 Å². The summed E-state index contributed by atoms with van der Waals surface area (Å²) in [7, 11) is 0. The molecule has 0 atom stereocenters. The summed E-state index contributed by atoms with van der Waals surface area (Å²) in [4.78, 5) is 5.06. The van der Waals surface area contributed by atoms with E-state index in [1.807, 2.05) is 6.20 Å². The second-order valence-electron chi connectivity index (χ2n) is 21.7. The Hall–Kier alpha value is -7.50. The summed E-state index contributed by atoms with van der Waals surface area (Å²) in [5, 5.41) is 2.36. The van der Waals surface area contributed by atoms with E-state index in [4.69, 9.17) is 9.72 Å². The first-order chi connectivity index (χ1) is 33.0. The molecule has 344 valence electrons. The van der Waals surface area contributed by atoms with Crippen LogP contribution < -0.4 is 9.30 Å². The van der Waals surface area contributed by atoms with Crippen molar-refractivity contribution in [2.45, 2.75) is 90.9 Å². The summed E-state index contributed by atoms with van der Waals surface area (Å²) in [6, 6.07) is 65.2. The number of aromatic nitrogens is 4. The zero-order chi connectivity index (χ0) is 48.3. The smallest absolute Gasteiger partial charge is 0.269 e. The number of hydrogen-bond acceptors (Lipinski definition) is 2. The number of para-hydroxylation sites is 1. The number of nitrogens with zero attached hydrogens (tertiary/aromatic N) is 4. The van der Waals surface area contributed by atoms with Crippen molar-refractivity contribution in [3.8, 4) is 39.9 Å². The lowest BCUT2D eigenvalue weighted by Gasteiger charge is -2.29. The summed E-state index contributed by atoms with van der Waals surface area (Å²) >= 11 is 0. The average molecular weight is 903 g/mol. The average Bonchev–Trinajstić information content (AvgIpc) is 3.95. The lowest BCUT2D eigenvalue weighted by molar-refractivity contribution is -0.599. The zero-order valence-corrected chi connectivity index (χ0v) is 41.7. The molecule has 7 aromatic carbocycles. The number of pyridine rings is 1. The molecule has 0 amide bonds. The predicted octanol–water partition coefficient (Wildman–Crippen LogP) is 15.8. The van der Waals surface area contributed by atoms with Gasteiger partial charge < -0.3 is 4.74 Å². The van der Waals surface area contributed by atoms with Crippen molar-refractivity contribution in [1.29, 1.82) is 0 Å². The number of rotatable bonds is 10. The van der Waals surface area contributed by atoms with E-state index in [-0.39, 0.29) is 16.2 Å².